The van der Waals surface area contributed by atoms with Gasteiger partial charge in [-0.2, -0.15) is 0 Å². The van der Waals surface area contributed by atoms with Gasteiger partial charge in [-0.15, -0.1) is 40.5 Å². The van der Waals surface area contributed by atoms with Crippen LogP contribution < -0.4 is 0 Å². The van der Waals surface area contributed by atoms with E-state index in [9.17, 15) is 9.90 Å². The smallest absolute Gasteiger partial charge is 0.162 e. The van der Waals surface area contributed by atoms with Crippen molar-refractivity contribution in [2.75, 3.05) is 0 Å². The third-order valence-corrected chi connectivity index (χ3v) is 12.2. The van der Waals surface area contributed by atoms with Crippen LogP contribution in [0.25, 0.3) is 32.1 Å². The maximum absolute atomic E-state index is 11.7. The van der Waals surface area contributed by atoms with Crippen LogP contribution >= 0.6 is 11.3 Å². The van der Waals surface area contributed by atoms with Crippen molar-refractivity contribution in [3.63, 3.8) is 0 Å². The van der Waals surface area contributed by atoms with E-state index < -0.39 is 0 Å². The zero-order chi connectivity index (χ0) is 33.7. The molecule has 261 valence electrons. The van der Waals surface area contributed by atoms with Gasteiger partial charge in [-0.3, -0.25) is 9.78 Å². The van der Waals surface area contributed by atoms with Crippen LogP contribution in [0, 0.1) is 29.7 Å². The zero-order valence-corrected chi connectivity index (χ0v) is 33.5. The second kappa shape index (κ2) is 17.1. The predicted octanol–water partition coefficient (Wildman–Crippen LogP) is 12.4. The SMILES string of the molecule is CC(C)(C)c1cc(-c2nccc3c4c(sc23)CC(C2CCCCC2)C4)[c-]c2ccccc12.CCC(CC)C(=O)/C=C(\O)C(CC)CC.[Ir]. The number of thiophene rings is 1. The summed E-state index contributed by atoms with van der Waals surface area (Å²) in [5, 5.41) is 13.7. The monoisotopic (exact) mass is 843 g/mol. The van der Waals surface area contributed by atoms with Crippen molar-refractivity contribution in [2.45, 2.75) is 125 Å². The van der Waals surface area contributed by atoms with Crippen molar-refractivity contribution in [2.24, 2.45) is 23.7 Å². The molecule has 2 aromatic carbocycles. The molecule has 3 nitrogen and oxygen atoms in total. The van der Waals surface area contributed by atoms with Crippen LogP contribution in [0.5, 0.6) is 0 Å². The molecule has 1 radical (unpaired) electrons. The van der Waals surface area contributed by atoms with Gasteiger partial charge in [0.2, 0.25) is 0 Å². The Bertz CT molecular complexity index is 1700. The Labute approximate surface area is 307 Å². The first kappa shape index (κ1) is 38.5. The molecule has 4 aromatic rings. The van der Waals surface area contributed by atoms with E-state index in [0.717, 1.165) is 48.8 Å². The number of hydrogen-bond donors (Lipinski definition) is 1. The van der Waals surface area contributed by atoms with Crippen LogP contribution in [0.1, 0.15) is 122 Å². The molecule has 48 heavy (non-hydrogen) atoms. The molecular formula is C43H56IrNO2S-. The fourth-order valence-corrected chi connectivity index (χ4v) is 9.39. The summed E-state index contributed by atoms with van der Waals surface area (Å²) in [5.74, 6) is 2.37. The molecular weight excluding hydrogens is 787 g/mol. The third kappa shape index (κ3) is 8.51. The number of benzene rings is 2. The van der Waals surface area contributed by atoms with Crippen LogP contribution in [0.2, 0.25) is 0 Å². The van der Waals surface area contributed by atoms with Gasteiger partial charge in [-0.25, -0.2) is 0 Å². The van der Waals surface area contributed by atoms with Crippen molar-refractivity contribution >= 4 is 38.0 Å². The second-order valence-corrected chi connectivity index (χ2v) is 16.1. The fraction of sp³-hybridized carbons (Fsp3) is 0.535. The zero-order valence-electron chi connectivity index (χ0n) is 30.3. The Morgan fingerprint density at radius 2 is 1.60 bits per heavy atom. The van der Waals surface area contributed by atoms with E-state index in [1.54, 1.807) is 10.4 Å². The Kier molecular flexibility index (Phi) is 13.7. The number of aromatic nitrogens is 1. The van der Waals surface area contributed by atoms with Gasteiger partial charge >= 0.3 is 0 Å². The number of ketones is 1. The maximum Gasteiger partial charge on any atom is 0.162 e. The quantitative estimate of drug-likeness (QED) is 0.104. The normalized spacial score (nSPS) is 17.0. The van der Waals surface area contributed by atoms with Crippen LogP contribution in [0.15, 0.2) is 54.4 Å². The molecule has 1 unspecified atom stereocenters. The topological polar surface area (TPSA) is 50.2 Å². The molecule has 2 aromatic heterocycles. The minimum atomic E-state index is 0. The minimum Gasteiger partial charge on any atom is -0.512 e. The van der Waals surface area contributed by atoms with Gasteiger partial charge < -0.3 is 5.11 Å². The molecule has 1 saturated carbocycles. The van der Waals surface area contributed by atoms with Gasteiger partial charge in [0.15, 0.2) is 5.78 Å². The van der Waals surface area contributed by atoms with E-state index in [1.165, 1.54) is 77.4 Å². The molecule has 2 heterocycles. The molecule has 0 amide bonds. The molecule has 2 aliphatic carbocycles. The standard InChI is InChI=1S/C30H32NS.C13H24O2.Ir/c1-30(2,3)26-17-22(15-20-11-7-8-12-23(20)26)28-29-24(13-14-31-28)25-16-21(18-27(25)32-29)19-9-5-4-6-10-19;1-5-10(6-2)12(14)9-13(15)11(7-3)8-4;/h7-8,11-14,17,19,21H,4-6,9-10,16,18H2,1-3H3;9-11,14H,5-8H2,1-4H3;/q-1;;/b;12-9-;. The number of nitrogens with zero attached hydrogens (tertiary/aromatic N) is 1. The Morgan fingerprint density at radius 1 is 0.938 bits per heavy atom. The van der Waals surface area contributed by atoms with Crippen LogP contribution in [0.4, 0.5) is 0 Å². The van der Waals surface area contributed by atoms with E-state index in [4.69, 9.17) is 4.98 Å². The fourth-order valence-electron chi connectivity index (χ4n) is 7.97. The van der Waals surface area contributed by atoms with E-state index >= 15 is 0 Å². The molecule has 1 N–H and O–H groups in total. The number of rotatable bonds is 9. The van der Waals surface area contributed by atoms with Crippen LogP contribution in [-0.2, 0) is 43.2 Å². The van der Waals surface area contributed by atoms with Crippen molar-refractivity contribution in [3.8, 4) is 11.3 Å². The van der Waals surface area contributed by atoms with E-state index in [0.29, 0.717) is 0 Å². The number of aliphatic hydroxyl groups excluding tert-OH is 1. The molecule has 0 spiro atoms. The first-order valence-electron chi connectivity index (χ1n) is 18.4. The Hall–Kier alpha value is -2.33. The van der Waals surface area contributed by atoms with Gasteiger partial charge in [0.25, 0.3) is 0 Å². The number of allylic oxidation sites excluding steroid dienone is 2. The van der Waals surface area contributed by atoms with E-state index in [-0.39, 0.29) is 48.9 Å². The molecule has 1 atom stereocenters. The summed E-state index contributed by atoms with van der Waals surface area (Å²) in [4.78, 5) is 18.3. The summed E-state index contributed by atoms with van der Waals surface area (Å²) in [6.45, 7) is 15.0. The summed E-state index contributed by atoms with van der Waals surface area (Å²) >= 11 is 2.01. The van der Waals surface area contributed by atoms with E-state index in [1.807, 2.05) is 45.2 Å². The molecule has 0 aliphatic heterocycles. The van der Waals surface area contributed by atoms with E-state index in [2.05, 4.69) is 63.2 Å². The van der Waals surface area contributed by atoms with Crippen molar-refractivity contribution < 1.29 is 30.0 Å². The summed E-state index contributed by atoms with van der Waals surface area (Å²) in [5.41, 5.74) is 5.33. The Morgan fingerprint density at radius 3 is 2.25 bits per heavy atom. The summed E-state index contributed by atoms with van der Waals surface area (Å²) in [6, 6.07) is 17.0. The maximum atomic E-state index is 11.7. The van der Waals surface area contributed by atoms with Gasteiger partial charge in [0.05, 0.1) is 5.76 Å². The molecule has 0 bridgehead atoms. The number of pyridine rings is 1. The first-order valence-corrected chi connectivity index (χ1v) is 19.2. The van der Waals surface area contributed by atoms with Crippen molar-refractivity contribution in [1.82, 2.24) is 4.98 Å². The van der Waals surface area contributed by atoms with Gasteiger partial charge in [0.1, 0.15) is 0 Å². The number of carbonyl (C=O) groups excluding carboxylic acids is 1. The molecule has 6 rings (SSSR count). The number of aliphatic hydroxyl groups is 1. The summed E-state index contributed by atoms with van der Waals surface area (Å²) < 4.78 is 1.37. The summed E-state index contributed by atoms with van der Waals surface area (Å²) in [6.07, 6.45) is 16.7. The summed E-state index contributed by atoms with van der Waals surface area (Å²) in [7, 11) is 0. The Balaban J connectivity index is 0.000000279. The second-order valence-electron chi connectivity index (χ2n) is 15.0. The van der Waals surface area contributed by atoms with Gasteiger partial charge in [0, 0.05) is 59.5 Å². The number of carbonyl (C=O) groups is 1. The van der Waals surface area contributed by atoms with Crippen molar-refractivity contribution in [3.05, 3.63) is 76.5 Å². The minimum absolute atomic E-state index is 0. The largest absolute Gasteiger partial charge is 0.512 e. The predicted molar refractivity (Wildman–Crippen MR) is 201 cm³/mol. The number of fused-ring (bicyclic) bond motifs is 4. The molecule has 0 saturated heterocycles. The average Bonchev–Trinajstić information content (AvgIpc) is 3.64. The third-order valence-electron chi connectivity index (χ3n) is 10.9. The van der Waals surface area contributed by atoms with Gasteiger partial charge in [-0.1, -0.05) is 110 Å². The molecule has 2 aliphatic rings. The average molecular weight is 843 g/mol. The first-order chi connectivity index (χ1) is 22.6. The van der Waals surface area contributed by atoms with Gasteiger partial charge in [-0.05, 0) is 72.8 Å². The van der Waals surface area contributed by atoms with Crippen molar-refractivity contribution in [1.29, 1.82) is 0 Å². The molecule has 5 heteroatoms. The molecule has 1 fully saturated rings. The van der Waals surface area contributed by atoms with Crippen LogP contribution in [-0.4, -0.2) is 15.9 Å². The number of hydrogen-bond acceptors (Lipinski definition) is 4. The van der Waals surface area contributed by atoms with Crippen LogP contribution in [0.3, 0.4) is 0 Å².